The van der Waals surface area contributed by atoms with E-state index in [4.69, 9.17) is 5.26 Å². The number of hydrogen-bond donors (Lipinski definition) is 1. The average Bonchev–Trinajstić information content (AvgIpc) is 2.75. The molecule has 1 aromatic heterocycles. The van der Waals surface area contributed by atoms with Gasteiger partial charge in [-0.2, -0.15) is 5.26 Å². The van der Waals surface area contributed by atoms with Gasteiger partial charge in [0.1, 0.15) is 28.3 Å². The van der Waals surface area contributed by atoms with Crippen LogP contribution in [-0.4, -0.2) is 0 Å². The summed E-state index contributed by atoms with van der Waals surface area (Å²) in [7, 11) is 0. The van der Waals surface area contributed by atoms with E-state index in [2.05, 4.69) is 21.2 Å². The Hall–Kier alpha value is -1.45. The first-order valence-electron chi connectivity index (χ1n) is 4.97. The van der Waals surface area contributed by atoms with Crippen LogP contribution in [0.3, 0.4) is 0 Å². The molecule has 0 aliphatic carbocycles. The molecule has 0 bridgehead atoms. The largest absolute Gasteiger partial charge is 0.375 e. The molecule has 2 aromatic rings. The Morgan fingerprint density at radius 3 is 2.50 bits per heavy atom. The normalized spacial score (nSPS) is 10.1. The summed E-state index contributed by atoms with van der Waals surface area (Å²) in [6.07, 6.45) is 0. The van der Waals surface area contributed by atoms with Crippen molar-refractivity contribution in [1.82, 2.24) is 0 Å². The Bertz CT molecular complexity index is 596. The fourth-order valence-electron chi connectivity index (χ4n) is 1.42. The lowest BCUT2D eigenvalue weighted by atomic mass is 10.3. The first-order chi connectivity index (χ1) is 8.60. The highest BCUT2D eigenvalue weighted by molar-refractivity contribution is 9.10. The molecule has 0 atom stereocenters. The highest BCUT2D eigenvalue weighted by Crippen LogP contribution is 2.25. The standard InChI is InChI=1S/C12H7BrF2N2S/c13-7-3-10(14)12(11(15)4-7)17-6-9-2-1-8(5-16)18-9/h1-4,17H,6H2. The molecule has 1 heterocycles. The van der Waals surface area contributed by atoms with Crippen molar-refractivity contribution in [3.8, 4) is 6.07 Å². The number of benzene rings is 1. The van der Waals surface area contributed by atoms with E-state index in [-0.39, 0.29) is 12.2 Å². The van der Waals surface area contributed by atoms with Crippen LogP contribution in [0.1, 0.15) is 9.75 Å². The third kappa shape index (κ3) is 2.86. The monoisotopic (exact) mass is 328 g/mol. The van der Waals surface area contributed by atoms with Crippen molar-refractivity contribution < 1.29 is 8.78 Å². The second-order valence-electron chi connectivity index (χ2n) is 3.48. The minimum Gasteiger partial charge on any atom is -0.375 e. The average molecular weight is 329 g/mol. The van der Waals surface area contributed by atoms with Gasteiger partial charge in [-0.25, -0.2) is 8.78 Å². The maximum Gasteiger partial charge on any atom is 0.150 e. The van der Waals surface area contributed by atoms with Crippen molar-refractivity contribution in [1.29, 1.82) is 5.26 Å². The molecule has 2 rings (SSSR count). The van der Waals surface area contributed by atoms with E-state index in [9.17, 15) is 8.78 Å². The molecule has 0 radical (unpaired) electrons. The first-order valence-corrected chi connectivity index (χ1v) is 6.58. The minimum absolute atomic E-state index is 0.162. The molecule has 2 nitrogen and oxygen atoms in total. The summed E-state index contributed by atoms with van der Waals surface area (Å²) >= 11 is 4.30. The van der Waals surface area contributed by atoms with Crippen molar-refractivity contribution in [2.75, 3.05) is 5.32 Å². The van der Waals surface area contributed by atoms with Crippen LogP contribution < -0.4 is 5.32 Å². The molecule has 1 aromatic carbocycles. The third-order valence-electron chi connectivity index (χ3n) is 2.22. The number of halogens is 3. The minimum atomic E-state index is -0.654. The second-order valence-corrected chi connectivity index (χ2v) is 5.56. The van der Waals surface area contributed by atoms with Crippen LogP contribution in [0.15, 0.2) is 28.7 Å². The van der Waals surface area contributed by atoms with Gasteiger partial charge < -0.3 is 5.32 Å². The SMILES string of the molecule is N#Cc1ccc(CNc2c(F)cc(Br)cc2F)s1. The van der Waals surface area contributed by atoms with Gasteiger partial charge in [0, 0.05) is 15.9 Å². The topological polar surface area (TPSA) is 35.8 Å². The fourth-order valence-corrected chi connectivity index (χ4v) is 2.57. The van der Waals surface area contributed by atoms with Gasteiger partial charge in [0.05, 0.1) is 0 Å². The molecule has 6 heteroatoms. The van der Waals surface area contributed by atoms with E-state index in [0.717, 1.165) is 4.88 Å². The summed E-state index contributed by atoms with van der Waals surface area (Å²) < 4.78 is 27.4. The number of rotatable bonds is 3. The molecule has 0 fully saturated rings. The lowest BCUT2D eigenvalue weighted by Gasteiger charge is -2.08. The van der Waals surface area contributed by atoms with Gasteiger partial charge in [-0.1, -0.05) is 15.9 Å². The lowest BCUT2D eigenvalue weighted by molar-refractivity contribution is 0.586. The van der Waals surface area contributed by atoms with Crippen LogP contribution in [0.4, 0.5) is 14.5 Å². The Morgan fingerprint density at radius 2 is 1.94 bits per heavy atom. The zero-order valence-electron chi connectivity index (χ0n) is 9.01. The summed E-state index contributed by atoms with van der Waals surface area (Å²) in [5.41, 5.74) is -0.162. The van der Waals surface area contributed by atoms with Gasteiger partial charge in [0.25, 0.3) is 0 Å². The van der Waals surface area contributed by atoms with Crippen LogP contribution in [0.2, 0.25) is 0 Å². The molecule has 0 unspecified atom stereocenters. The Balaban J connectivity index is 2.13. The number of thiophene rings is 1. The van der Waals surface area contributed by atoms with E-state index in [0.29, 0.717) is 9.35 Å². The maximum absolute atomic E-state index is 13.5. The maximum atomic E-state index is 13.5. The van der Waals surface area contributed by atoms with Crippen molar-refractivity contribution in [3.63, 3.8) is 0 Å². The van der Waals surface area contributed by atoms with E-state index in [1.807, 2.05) is 6.07 Å². The summed E-state index contributed by atoms with van der Waals surface area (Å²) in [6, 6.07) is 7.83. The molecule has 0 saturated heterocycles. The number of anilines is 1. The number of nitrogens with one attached hydrogen (secondary N) is 1. The quantitative estimate of drug-likeness (QED) is 0.913. The van der Waals surface area contributed by atoms with Crippen LogP contribution in [0.5, 0.6) is 0 Å². The van der Waals surface area contributed by atoms with Gasteiger partial charge in [-0.3, -0.25) is 0 Å². The Labute approximate surface area is 115 Å². The first kappa shape index (κ1) is 13.0. The third-order valence-corrected chi connectivity index (χ3v) is 3.67. The molecule has 18 heavy (non-hydrogen) atoms. The van der Waals surface area contributed by atoms with Gasteiger partial charge in [0.15, 0.2) is 0 Å². The van der Waals surface area contributed by atoms with Crippen LogP contribution in [0.25, 0.3) is 0 Å². The van der Waals surface area contributed by atoms with Gasteiger partial charge >= 0.3 is 0 Å². The molecule has 1 N–H and O–H groups in total. The molecule has 0 saturated carbocycles. The number of nitrogens with zero attached hydrogens (tertiary/aromatic N) is 1. The summed E-state index contributed by atoms with van der Waals surface area (Å²) in [5, 5.41) is 11.4. The zero-order valence-corrected chi connectivity index (χ0v) is 11.4. The summed E-state index contributed by atoms with van der Waals surface area (Å²) in [4.78, 5) is 1.41. The second kappa shape index (κ2) is 5.46. The molecule has 92 valence electrons. The van der Waals surface area contributed by atoms with E-state index >= 15 is 0 Å². The van der Waals surface area contributed by atoms with Gasteiger partial charge in [0.2, 0.25) is 0 Å². The van der Waals surface area contributed by atoms with E-state index in [1.54, 1.807) is 12.1 Å². The Kier molecular flexibility index (Phi) is 3.94. The van der Waals surface area contributed by atoms with Gasteiger partial charge in [-0.05, 0) is 24.3 Å². The molecular formula is C12H7BrF2N2S. The van der Waals surface area contributed by atoms with Gasteiger partial charge in [-0.15, -0.1) is 11.3 Å². The molecule has 0 aliphatic heterocycles. The lowest BCUT2D eigenvalue weighted by Crippen LogP contribution is -2.02. The van der Waals surface area contributed by atoms with E-state index in [1.165, 1.54) is 23.5 Å². The molecule has 0 amide bonds. The molecule has 0 aliphatic rings. The number of hydrogen-bond acceptors (Lipinski definition) is 3. The Morgan fingerprint density at radius 1 is 1.28 bits per heavy atom. The van der Waals surface area contributed by atoms with Crippen LogP contribution >= 0.6 is 27.3 Å². The highest BCUT2D eigenvalue weighted by Gasteiger charge is 2.10. The van der Waals surface area contributed by atoms with Crippen molar-refractivity contribution >= 4 is 33.0 Å². The van der Waals surface area contributed by atoms with Crippen molar-refractivity contribution in [2.24, 2.45) is 0 Å². The molecule has 0 spiro atoms. The zero-order chi connectivity index (χ0) is 13.1. The predicted octanol–water partition coefficient (Wildman–Crippen LogP) is 4.27. The van der Waals surface area contributed by atoms with Crippen molar-refractivity contribution in [2.45, 2.75) is 6.54 Å². The summed E-state index contributed by atoms with van der Waals surface area (Å²) in [5.74, 6) is -1.31. The van der Waals surface area contributed by atoms with E-state index < -0.39 is 11.6 Å². The molecular weight excluding hydrogens is 322 g/mol. The smallest absolute Gasteiger partial charge is 0.150 e. The number of nitriles is 1. The van der Waals surface area contributed by atoms with Crippen LogP contribution in [-0.2, 0) is 6.54 Å². The van der Waals surface area contributed by atoms with Crippen molar-refractivity contribution in [3.05, 3.63) is 50.1 Å². The predicted molar refractivity (Wildman–Crippen MR) is 70.4 cm³/mol. The van der Waals surface area contributed by atoms with Crippen LogP contribution in [0, 0.1) is 23.0 Å². The highest BCUT2D eigenvalue weighted by atomic mass is 79.9. The summed E-state index contributed by atoms with van der Waals surface area (Å²) in [6.45, 7) is 0.280. The fraction of sp³-hybridized carbons (Fsp3) is 0.0833.